The minimum atomic E-state index is 0.297. The van der Waals surface area contributed by atoms with E-state index < -0.39 is 0 Å². The van der Waals surface area contributed by atoms with Crippen molar-refractivity contribution in [3.05, 3.63) is 64.7 Å². The number of nitrogens with one attached hydrogen (secondary N) is 1. The normalized spacial score (nSPS) is 12.2. The van der Waals surface area contributed by atoms with Gasteiger partial charge in [0.05, 0.1) is 7.11 Å². The molecule has 0 saturated heterocycles. The van der Waals surface area contributed by atoms with Gasteiger partial charge in [-0.1, -0.05) is 36.4 Å². The molecule has 20 heavy (non-hydrogen) atoms. The zero-order valence-electron chi connectivity index (χ0n) is 12.7. The summed E-state index contributed by atoms with van der Waals surface area (Å²) in [5.41, 5.74) is 5.22. The van der Waals surface area contributed by atoms with Crippen LogP contribution >= 0.6 is 0 Å². The first kappa shape index (κ1) is 14.6. The fourth-order valence-corrected chi connectivity index (χ4v) is 2.46. The number of hydrogen-bond acceptors (Lipinski definition) is 2. The first-order valence-electron chi connectivity index (χ1n) is 7.02. The van der Waals surface area contributed by atoms with Crippen LogP contribution in [0.2, 0.25) is 0 Å². The van der Waals surface area contributed by atoms with Gasteiger partial charge in [-0.05, 0) is 55.6 Å². The van der Waals surface area contributed by atoms with Crippen LogP contribution in [0.15, 0.2) is 42.5 Å². The molecule has 0 aliphatic heterocycles. The highest BCUT2D eigenvalue weighted by Crippen LogP contribution is 2.25. The third kappa shape index (κ3) is 3.20. The van der Waals surface area contributed by atoms with E-state index >= 15 is 0 Å². The zero-order chi connectivity index (χ0) is 14.5. The number of rotatable bonds is 5. The quantitative estimate of drug-likeness (QED) is 0.891. The van der Waals surface area contributed by atoms with Gasteiger partial charge in [0.15, 0.2) is 0 Å². The van der Waals surface area contributed by atoms with Gasteiger partial charge < -0.3 is 10.1 Å². The van der Waals surface area contributed by atoms with Crippen molar-refractivity contribution in [2.45, 2.75) is 26.3 Å². The SMILES string of the molecule is CNC(Cc1ccccc1OC)c1ccc(C)c(C)c1. The maximum atomic E-state index is 5.44. The molecular weight excluding hydrogens is 246 g/mol. The van der Waals surface area contributed by atoms with Crippen molar-refractivity contribution in [3.63, 3.8) is 0 Å². The van der Waals surface area contributed by atoms with Gasteiger partial charge in [-0.15, -0.1) is 0 Å². The molecule has 0 aliphatic carbocycles. The van der Waals surface area contributed by atoms with Crippen molar-refractivity contribution in [2.75, 3.05) is 14.2 Å². The molecule has 0 radical (unpaired) electrons. The van der Waals surface area contributed by atoms with Gasteiger partial charge in [0.1, 0.15) is 5.75 Å². The zero-order valence-corrected chi connectivity index (χ0v) is 12.7. The smallest absolute Gasteiger partial charge is 0.122 e. The van der Waals surface area contributed by atoms with Crippen LogP contribution in [-0.4, -0.2) is 14.2 Å². The van der Waals surface area contributed by atoms with Gasteiger partial charge >= 0.3 is 0 Å². The topological polar surface area (TPSA) is 21.3 Å². The second-order valence-electron chi connectivity index (χ2n) is 5.20. The monoisotopic (exact) mass is 269 g/mol. The van der Waals surface area contributed by atoms with Gasteiger partial charge in [0, 0.05) is 6.04 Å². The number of para-hydroxylation sites is 1. The summed E-state index contributed by atoms with van der Waals surface area (Å²) in [7, 11) is 3.73. The molecule has 106 valence electrons. The summed E-state index contributed by atoms with van der Waals surface area (Å²) < 4.78 is 5.44. The summed E-state index contributed by atoms with van der Waals surface area (Å²) in [6.45, 7) is 4.31. The van der Waals surface area contributed by atoms with E-state index in [4.69, 9.17) is 4.74 Å². The molecule has 1 atom stereocenters. The second-order valence-corrected chi connectivity index (χ2v) is 5.20. The fraction of sp³-hybridized carbons (Fsp3) is 0.333. The Balaban J connectivity index is 2.26. The van der Waals surface area contributed by atoms with Crippen molar-refractivity contribution >= 4 is 0 Å². The molecule has 2 heteroatoms. The van der Waals surface area contributed by atoms with Gasteiger partial charge in [0.25, 0.3) is 0 Å². The molecule has 2 rings (SSSR count). The average Bonchev–Trinajstić information content (AvgIpc) is 2.48. The van der Waals surface area contributed by atoms with E-state index in [9.17, 15) is 0 Å². The number of methoxy groups -OCH3 is 1. The van der Waals surface area contributed by atoms with Gasteiger partial charge in [-0.2, -0.15) is 0 Å². The van der Waals surface area contributed by atoms with E-state index in [0.717, 1.165) is 12.2 Å². The lowest BCUT2D eigenvalue weighted by molar-refractivity contribution is 0.406. The summed E-state index contributed by atoms with van der Waals surface area (Å²) >= 11 is 0. The molecule has 0 amide bonds. The number of hydrogen-bond donors (Lipinski definition) is 1. The van der Waals surface area contributed by atoms with Crippen LogP contribution in [0.4, 0.5) is 0 Å². The largest absolute Gasteiger partial charge is 0.496 e. The van der Waals surface area contributed by atoms with E-state index in [-0.39, 0.29) is 0 Å². The molecule has 0 aromatic heterocycles. The lowest BCUT2D eigenvalue weighted by Gasteiger charge is -2.19. The molecule has 0 bridgehead atoms. The van der Waals surface area contributed by atoms with Crippen LogP contribution < -0.4 is 10.1 Å². The molecule has 1 unspecified atom stereocenters. The minimum absolute atomic E-state index is 0.297. The molecule has 0 aliphatic rings. The second kappa shape index (κ2) is 6.58. The van der Waals surface area contributed by atoms with Crippen molar-refractivity contribution < 1.29 is 4.74 Å². The van der Waals surface area contributed by atoms with Crippen LogP contribution in [0.5, 0.6) is 5.75 Å². The van der Waals surface area contributed by atoms with Crippen LogP contribution in [0.3, 0.4) is 0 Å². The van der Waals surface area contributed by atoms with Gasteiger partial charge in [-0.25, -0.2) is 0 Å². The van der Waals surface area contributed by atoms with E-state index in [1.54, 1.807) is 7.11 Å². The van der Waals surface area contributed by atoms with E-state index in [1.165, 1.54) is 22.3 Å². The Bertz CT molecular complexity index is 577. The number of aryl methyl sites for hydroxylation is 2. The maximum Gasteiger partial charge on any atom is 0.122 e. The summed E-state index contributed by atoms with van der Waals surface area (Å²) in [5.74, 6) is 0.955. The first-order chi connectivity index (χ1) is 9.65. The van der Waals surface area contributed by atoms with Crippen LogP contribution in [-0.2, 0) is 6.42 Å². The highest BCUT2D eigenvalue weighted by Gasteiger charge is 2.13. The summed E-state index contributed by atoms with van der Waals surface area (Å²) in [6.07, 6.45) is 0.920. The molecule has 1 N–H and O–H groups in total. The first-order valence-corrected chi connectivity index (χ1v) is 7.02. The number of likely N-dealkylation sites (N-methyl/N-ethyl adjacent to an activating group) is 1. The summed E-state index contributed by atoms with van der Waals surface area (Å²) in [4.78, 5) is 0. The minimum Gasteiger partial charge on any atom is -0.496 e. The third-order valence-corrected chi connectivity index (χ3v) is 3.90. The van der Waals surface area contributed by atoms with Gasteiger partial charge in [-0.3, -0.25) is 0 Å². The molecule has 2 aromatic carbocycles. The molecule has 0 fully saturated rings. The predicted octanol–water partition coefficient (Wildman–Crippen LogP) is 3.82. The molecule has 2 nitrogen and oxygen atoms in total. The molecule has 0 spiro atoms. The number of ether oxygens (including phenoxy) is 1. The maximum absolute atomic E-state index is 5.44. The Hall–Kier alpha value is -1.80. The molecular formula is C18H23NO. The number of benzene rings is 2. The van der Waals surface area contributed by atoms with Crippen molar-refractivity contribution in [1.29, 1.82) is 0 Å². The Morgan fingerprint density at radius 2 is 1.80 bits per heavy atom. The van der Waals surface area contributed by atoms with Crippen LogP contribution in [0.1, 0.15) is 28.3 Å². The lowest BCUT2D eigenvalue weighted by Crippen LogP contribution is -2.19. The van der Waals surface area contributed by atoms with Crippen LogP contribution in [0, 0.1) is 13.8 Å². The van der Waals surface area contributed by atoms with E-state index in [1.807, 2.05) is 19.2 Å². The highest BCUT2D eigenvalue weighted by atomic mass is 16.5. The predicted molar refractivity (Wildman–Crippen MR) is 84.4 cm³/mol. The Kier molecular flexibility index (Phi) is 4.80. The molecule has 0 heterocycles. The highest BCUT2D eigenvalue weighted by molar-refractivity contribution is 5.37. The molecule has 2 aromatic rings. The van der Waals surface area contributed by atoms with Crippen LogP contribution in [0.25, 0.3) is 0 Å². The van der Waals surface area contributed by atoms with E-state index in [2.05, 4.69) is 49.5 Å². The summed E-state index contributed by atoms with van der Waals surface area (Å²) in [6, 6.07) is 15.2. The Labute approximate surface area is 121 Å². The summed E-state index contributed by atoms with van der Waals surface area (Å²) in [5, 5.41) is 3.41. The van der Waals surface area contributed by atoms with Crippen molar-refractivity contribution in [1.82, 2.24) is 5.32 Å². The fourth-order valence-electron chi connectivity index (χ4n) is 2.46. The van der Waals surface area contributed by atoms with E-state index in [0.29, 0.717) is 6.04 Å². The Morgan fingerprint density at radius 3 is 2.45 bits per heavy atom. The van der Waals surface area contributed by atoms with Crippen molar-refractivity contribution in [2.24, 2.45) is 0 Å². The van der Waals surface area contributed by atoms with Crippen molar-refractivity contribution in [3.8, 4) is 5.75 Å². The third-order valence-electron chi connectivity index (χ3n) is 3.90. The van der Waals surface area contributed by atoms with Gasteiger partial charge in [0.2, 0.25) is 0 Å². The molecule has 0 saturated carbocycles. The Morgan fingerprint density at radius 1 is 1.05 bits per heavy atom. The standard InChI is InChI=1S/C18H23NO/c1-13-9-10-15(11-14(13)2)17(19-3)12-16-7-5-6-8-18(16)20-4/h5-11,17,19H,12H2,1-4H3. The lowest BCUT2D eigenvalue weighted by atomic mass is 9.95. The average molecular weight is 269 g/mol.